The monoisotopic (exact) mass is 568 g/mol. The zero-order chi connectivity index (χ0) is 28.6. The zero-order valence-electron chi connectivity index (χ0n) is 23.1. The molecule has 2 aliphatic rings. The summed E-state index contributed by atoms with van der Waals surface area (Å²) in [5, 5.41) is 4.83. The van der Waals surface area contributed by atoms with Gasteiger partial charge in [-0.15, -0.1) is 11.3 Å². The smallest absolute Gasteiger partial charge is 0.410 e. The fourth-order valence-corrected chi connectivity index (χ4v) is 5.77. The van der Waals surface area contributed by atoms with Crippen LogP contribution in [0, 0.1) is 5.82 Å². The second-order valence-corrected chi connectivity index (χ2v) is 11.6. The summed E-state index contributed by atoms with van der Waals surface area (Å²) in [5.41, 5.74) is 2.08. The minimum atomic E-state index is -0.581. The lowest BCUT2D eigenvalue weighted by Gasteiger charge is -2.37. The van der Waals surface area contributed by atoms with Gasteiger partial charge < -0.3 is 19.9 Å². The predicted molar refractivity (Wildman–Crippen MR) is 153 cm³/mol. The van der Waals surface area contributed by atoms with E-state index in [1.807, 2.05) is 44.7 Å². The highest BCUT2D eigenvalue weighted by Crippen LogP contribution is 2.29. The van der Waals surface area contributed by atoms with E-state index in [1.165, 1.54) is 23.5 Å². The molecule has 2 amide bonds. The van der Waals surface area contributed by atoms with Gasteiger partial charge in [0.05, 0.1) is 22.8 Å². The number of aromatic nitrogens is 3. The first-order valence-electron chi connectivity index (χ1n) is 13.4. The standard InChI is InChI=1S/C28H33FN6O4S/c1-5-34-22-8-6-7-9-23(22)35(26(34)37)25-31-20(17-40-25)24(36)30-19-16-18(29)10-11-21(19)32-12-14-33(15-13-32)27(38)39-28(2,3)4/h6,8,10-11,16-17H,5,7,9,12-15H2,1-4H3,(H,30,36). The number of benzene rings is 1. The number of piperazine rings is 1. The average molecular weight is 569 g/mol. The summed E-state index contributed by atoms with van der Waals surface area (Å²) in [6, 6.07) is 4.23. The van der Waals surface area contributed by atoms with Gasteiger partial charge in [0.2, 0.25) is 0 Å². The molecule has 3 aromatic rings. The van der Waals surface area contributed by atoms with E-state index in [2.05, 4.69) is 10.3 Å². The highest BCUT2D eigenvalue weighted by Gasteiger charge is 2.28. The number of ether oxygens (including phenoxy) is 1. The van der Waals surface area contributed by atoms with Crippen molar-refractivity contribution in [1.29, 1.82) is 0 Å². The van der Waals surface area contributed by atoms with Crippen LogP contribution in [0.25, 0.3) is 11.2 Å². The molecule has 1 aromatic carbocycles. The van der Waals surface area contributed by atoms with Crippen LogP contribution in [0.1, 0.15) is 56.0 Å². The van der Waals surface area contributed by atoms with Crippen molar-refractivity contribution in [3.8, 4) is 5.13 Å². The van der Waals surface area contributed by atoms with Gasteiger partial charge in [-0.25, -0.2) is 23.5 Å². The first-order chi connectivity index (χ1) is 19.1. The van der Waals surface area contributed by atoms with Gasteiger partial charge in [0, 0.05) is 38.1 Å². The number of hydrogen-bond acceptors (Lipinski definition) is 7. The summed E-state index contributed by atoms with van der Waals surface area (Å²) in [5.74, 6) is -0.990. The number of fused-ring (bicyclic) bond motifs is 1. The number of rotatable bonds is 5. The van der Waals surface area contributed by atoms with Gasteiger partial charge >= 0.3 is 11.8 Å². The first kappa shape index (κ1) is 27.6. The summed E-state index contributed by atoms with van der Waals surface area (Å²) in [4.78, 5) is 46.9. The number of anilines is 2. The van der Waals surface area contributed by atoms with Crippen LogP contribution in [0.5, 0.6) is 0 Å². The highest BCUT2D eigenvalue weighted by atomic mass is 32.1. The van der Waals surface area contributed by atoms with Crippen molar-refractivity contribution in [2.75, 3.05) is 36.4 Å². The molecule has 0 bridgehead atoms. The van der Waals surface area contributed by atoms with Crippen LogP contribution in [-0.2, 0) is 17.7 Å². The largest absolute Gasteiger partial charge is 0.444 e. The predicted octanol–water partition coefficient (Wildman–Crippen LogP) is 4.52. The molecule has 2 aromatic heterocycles. The summed E-state index contributed by atoms with van der Waals surface area (Å²) in [6.45, 7) is 9.77. The summed E-state index contributed by atoms with van der Waals surface area (Å²) >= 11 is 1.21. The van der Waals surface area contributed by atoms with Crippen molar-refractivity contribution in [2.45, 2.75) is 52.7 Å². The minimum absolute atomic E-state index is 0.140. The Balaban J connectivity index is 1.33. The van der Waals surface area contributed by atoms with Crippen LogP contribution in [0.15, 0.2) is 34.4 Å². The topological polar surface area (TPSA) is 102 Å². The van der Waals surface area contributed by atoms with E-state index >= 15 is 0 Å². The van der Waals surface area contributed by atoms with Crippen molar-refractivity contribution < 1.29 is 18.7 Å². The molecule has 1 aliphatic carbocycles. The van der Waals surface area contributed by atoms with Gasteiger partial charge in [0.25, 0.3) is 5.91 Å². The third-order valence-electron chi connectivity index (χ3n) is 6.81. The van der Waals surface area contributed by atoms with E-state index in [0.717, 1.165) is 17.8 Å². The first-order valence-corrected chi connectivity index (χ1v) is 14.2. The number of nitrogens with zero attached hydrogens (tertiary/aromatic N) is 5. The number of allylic oxidation sites excluding steroid dienone is 1. The van der Waals surface area contributed by atoms with E-state index in [-0.39, 0.29) is 17.5 Å². The lowest BCUT2D eigenvalue weighted by molar-refractivity contribution is 0.0240. The number of thiazole rings is 1. The molecule has 212 valence electrons. The third kappa shape index (κ3) is 5.53. The van der Waals surface area contributed by atoms with Gasteiger partial charge in [-0.3, -0.25) is 9.36 Å². The molecule has 0 radical (unpaired) electrons. The Hall–Kier alpha value is -3.93. The fraction of sp³-hybridized carbons (Fsp3) is 0.429. The number of carbonyl (C=O) groups is 2. The lowest BCUT2D eigenvalue weighted by Crippen LogP contribution is -2.50. The van der Waals surface area contributed by atoms with Crippen molar-refractivity contribution in [3.05, 3.63) is 63.0 Å². The highest BCUT2D eigenvalue weighted by molar-refractivity contribution is 7.12. The Morgan fingerprint density at radius 1 is 1.18 bits per heavy atom. The van der Waals surface area contributed by atoms with Crippen LogP contribution >= 0.6 is 11.3 Å². The van der Waals surface area contributed by atoms with E-state index < -0.39 is 17.3 Å². The number of imidazole rings is 1. The summed E-state index contributed by atoms with van der Waals surface area (Å²) < 4.78 is 23.0. The van der Waals surface area contributed by atoms with Crippen LogP contribution in [0.2, 0.25) is 0 Å². The zero-order valence-corrected chi connectivity index (χ0v) is 23.9. The molecular weight excluding hydrogens is 535 g/mol. The van der Waals surface area contributed by atoms with Gasteiger partial charge in [0.15, 0.2) is 5.13 Å². The van der Waals surface area contributed by atoms with Gasteiger partial charge in [0.1, 0.15) is 17.1 Å². The van der Waals surface area contributed by atoms with Crippen LogP contribution < -0.4 is 15.9 Å². The molecule has 1 aliphatic heterocycles. The van der Waals surface area contributed by atoms with Crippen molar-refractivity contribution in [2.24, 2.45) is 0 Å². The SMILES string of the molecule is CCn1c2c(n(-c3nc(C(=O)Nc4cc(F)ccc4N4CCN(C(=O)OC(C)(C)C)CC4)cs3)c1=O)CCC=C2. The van der Waals surface area contributed by atoms with Crippen LogP contribution in [0.4, 0.5) is 20.6 Å². The number of carbonyl (C=O) groups excluding carboxylic acids is 2. The van der Waals surface area contributed by atoms with Crippen molar-refractivity contribution in [1.82, 2.24) is 19.0 Å². The summed E-state index contributed by atoms with van der Waals surface area (Å²) in [7, 11) is 0. The Kier molecular flexibility index (Phi) is 7.54. The second kappa shape index (κ2) is 10.9. The van der Waals surface area contributed by atoms with E-state index in [9.17, 15) is 18.8 Å². The van der Waals surface area contributed by atoms with Gasteiger partial charge in [-0.2, -0.15) is 0 Å². The number of amides is 2. The number of nitrogens with one attached hydrogen (secondary N) is 1. The molecule has 1 fully saturated rings. The molecule has 10 nitrogen and oxygen atoms in total. The molecule has 0 unspecified atom stereocenters. The number of hydrogen-bond donors (Lipinski definition) is 1. The maximum Gasteiger partial charge on any atom is 0.410 e. The minimum Gasteiger partial charge on any atom is -0.444 e. The molecule has 0 spiro atoms. The van der Waals surface area contributed by atoms with Crippen molar-refractivity contribution >= 4 is 40.8 Å². The molecule has 0 saturated carbocycles. The maximum absolute atomic E-state index is 14.3. The third-order valence-corrected chi connectivity index (χ3v) is 7.64. The Labute approximate surface area is 235 Å². The molecule has 1 saturated heterocycles. The summed E-state index contributed by atoms with van der Waals surface area (Å²) in [6.07, 6.45) is 5.17. The van der Waals surface area contributed by atoms with Gasteiger partial charge in [-0.05, 0) is 64.8 Å². The van der Waals surface area contributed by atoms with E-state index in [1.54, 1.807) is 25.5 Å². The Bertz CT molecular complexity index is 1520. The normalized spacial score (nSPS) is 15.2. The molecule has 40 heavy (non-hydrogen) atoms. The van der Waals surface area contributed by atoms with Gasteiger partial charge in [-0.1, -0.05) is 6.08 Å². The fourth-order valence-electron chi connectivity index (χ4n) is 4.95. The Morgan fingerprint density at radius 3 is 2.62 bits per heavy atom. The Morgan fingerprint density at radius 2 is 1.93 bits per heavy atom. The average Bonchev–Trinajstić information content (AvgIpc) is 3.50. The van der Waals surface area contributed by atoms with Crippen LogP contribution in [-0.4, -0.2) is 62.8 Å². The second-order valence-electron chi connectivity index (χ2n) is 10.7. The number of halogens is 1. The maximum atomic E-state index is 14.3. The van der Waals surface area contributed by atoms with E-state index in [0.29, 0.717) is 55.7 Å². The molecule has 0 atom stereocenters. The molecule has 5 rings (SSSR count). The quantitative estimate of drug-likeness (QED) is 0.486. The molecular formula is C28H33FN6O4S. The van der Waals surface area contributed by atoms with Crippen molar-refractivity contribution in [3.63, 3.8) is 0 Å². The van der Waals surface area contributed by atoms with E-state index in [4.69, 9.17) is 4.74 Å². The van der Waals surface area contributed by atoms with Crippen LogP contribution in [0.3, 0.4) is 0 Å². The lowest BCUT2D eigenvalue weighted by atomic mass is 10.1. The molecule has 3 heterocycles. The molecule has 1 N–H and O–H groups in total. The molecule has 12 heteroatoms.